The van der Waals surface area contributed by atoms with E-state index in [4.69, 9.17) is 0 Å². The Kier molecular flexibility index (Phi) is 4.54. The average molecular weight is 280 g/mol. The molecule has 21 heavy (non-hydrogen) atoms. The molecule has 0 amide bonds. The first-order valence-electron chi connectivity index (χ1n) is 7.24. The van der Waals surface area contributed by atoms with Crippen molar-refractivity contribution in [3.05, 3.63) is 46.1 Å². The molecule has 4 nitrogen and oxygen atoms in total. The molecular weight excluding hydrogens is 260 g/mol. The van der Waals surface area contributed by atoms with Gasteiger partial charge in [0.1, 0.15) is 11.6 Å². The predicted molar refractivity (Wildman–Crippen MR) is 84.7 cm³/mol. The first-order valence-corrected chi connectivity index (χ1v) is 7.24. The van der Waals surface area contributed by atoms with Crippen molar-refractivity contribution in [1.82, 2.24) is 10.2 Å². The number of nitrogens with one attached hydrogen (secondary N) is 1. The Morgan fingerprint density at radius 3 is 2.52 bits per heavy atom. The van der Waals surface area contributed by atoms with Crippen LogP contribution in [0.3, 0.4) is 0 Å². The van der Waals surface area contributed by atoms with Crippen molar-refractivity contribution in [2.75, 3.05) is 5.32 Å². The van der Waals surface area contributed by atoms with Gasteiger partial charge in [0.15, 0.2) is 5.82 Å². The first kappa shape index (κ1) is 15.0. The Balaban J connectivity index is 2.50. The molecule has 0 saturated heterocycles. The van der Waals surface area contributed by atoms with E-state index in [1.165, 1.54) is 5.56 Å². The number of hydrogen-bond donors (Lipinski definition) is 1. The highest BCUT2D eigenvalue weighted by Crippen LogP contribution is 2.26. The Bertz CT molecular complexity index is 699. The third-order valence-corrected chi connectivity index (χ3v) is 3.82. The van der Waals surface area contributed by atoms with Crippen molar-refractivity contribution in [3.63, 3.8) is 0 Å². The van der Waals surface area contributed by atoms with E-state index in [1.807, 2.05) is 26.0 Å². The maximum atomic E-state index is 9.49. The van der Waals surface area contributed by atoms with Gasteiger partial charge in [-0.25, -0.2) is 0 Å². The monoisotopic (exact) mass is 280 g/mol. The molecule has 0 aliphatic carbocycles. The second-order valence-corrected chi connectivity index (χ2v) is 5.04. The molecule has 1 aromatic heterocycles. The summed E-state index contributed by atoms with van der Waals surface area (Å²) in [7, 11) is 0. The lowest BCUT2D eigenvalue weighted by molar-refractivity contribution is 0.877. The molecule has 0 fully saturated rings. The fourth-order valence-electron chi connectivity index (χ4n) is 2.39. The summed E-state index contributed by atoms with van der Waals surface area (Å²) in [4.78, 5) is 0. The Morgan fingerprint density at radius 1 is 1.14 bits per heavy atom. The normalized spacial score (nSPS) is 10.2. The molecule has 0 aliphatic heterocycles. The number of anilines is 2. The van der Waals surface area contributed by atoms with Crippen LogP contribution in [-0.4, -0.2) is 10.2 Å². The van der Waals surface area contributed by atoms with Crippen molar-refractivity contribution in [3.8, 4) is 6.07 Å². The molecule has 0 saturated carbocycles. The van der Waals surface area contributed by atoms with E-state index in [0.717, 1.165) is 35.3 Å². The number of aryl methyl sites for hydroxylation is 2. The molecule has 2 rings (SSSR count). The molecular formula is C17H20N4. The minimum Gasteiger partial charge on any atom is -0.337 e. The number of hydrogen-bond acceptors (Lipinski definition) is 4. The standard InChI is InChI=1S/C17H20N4/c1-5-13-14(10-18)17(21-20-15(13)6-2)19-16-9-7-8-11(3)12(16)4/h7-9H,5-6H2,1-4H3,(H,19,21). The van der Waals surface area contributed by atoms with Gasteiger partial charge < -0.3 is 5.32 Å². The zero-order valence-corrected chi connectivity index (χ0v) is 13.0. The van der Waals surface area contributed by atoms with E-state index < -0.39 is 0 Å². The largest absolute Gasteiger partial charge is 0.337 e. The van der Waals surface area contributed by atoms with Crippen molar-refractivity contribution >= 4 is 11.5 Å². The molecule has 0 unspecified atom stereocenters. The van der Waals surface area contributed by atoms with Gasteiger partial charge in [-0.3, -0.25) is 0 Å². The molecule has 0 atom stereocenters. The van der Waals surface area contributed by atoms with E-state index in [1.54, 1.807) is 0 Å². The third kappa shape index (κ3) is 2.87. The number of nitrogens with zero attached hydrogens (tertiary/aromatic N) is 3. The number of aromatic nitrogens is 2. The van der Waals surface area contributed by atoms with E-state index in [-0.39, 0.29) is 0 Å². The highest BCUT2D eigenvalue weighted by molar-refractivity contribution is 5.67. The second-order valence-electron chi connectivity index (χ2n) is 5.04. The van der Waals surface area contributed by atoms with Gasteiger partial charge in [0.05, 0.1) is 5.69 Å². The molecule has 1 aromatic carbocycles. The Hall–Kier alpha value is -2.41. The van der Waals surface area contributed by atoms with Crippen LogP contribution in [-0.2, 0) is 12.8 Å². The molecule has 0 radical (unpaired) electrons. The van der Waals surface area contributed by atoms with Crippen LogP contribution in [0.2, 0.25) is 0 Å². The fourth-order valence-corrected chi connectivity index (χ4v) is 2.39. The van der Waals surface area contributed by atoms with Gasteiger partial charge in [0, 0.05) is 5.69 Å². The van der Waals surface area contributed by atoms with Crippen molar-refractivity contribution in [1.29, 1.82) is 5.26 Å². The van der Waals surface area contributed by atoms with Crippen LogP contribution in [0, 0.1) is 25.2 Å². The van der Waals surface area contributed by atoms with E-state index >= 15 is 0 Å². The summed E-state index contributed by atoms with van der Waals surface area (Å²) in [5.74, 6) is 0.542. The quantitative estimate of drug-likeness (QED) is 0.924. The molecule has 1 N–H and O–H groups in total. The molecule has 4 heteroatoms. The summed E-state index contributed by atoms with van der Waals surface area (Å²) >= 11 is 0. The van der Waals surface area contributed by atoms with Crippen molar-refractivity contribution in [2.45, 2.75) is 40.5 Å². The van der Waals surface area contributed by atoms with Crippen LogP contribution in [0.15, 0.2) is 18.2 Å². The van der Waals surface area contributed by atoms with Crippen LogP contribution in [0.4, 0.5) is 11.5 Å². The van der Waals surface area contributed by atoms with Crippen LogP contribution in [0.25, 0.3) is 0 Å². The maximum Gasteiger partial charge on any atom is 0.171 e. The van der Waals surface area contributed by atoms with Crippen LogP contribution < -0.4 is 5.32 Å². The number of benzene rings is 1. The topological polar surface area (TPSA) is 61.6 Å². The fraction of sp³-hybridized carbons (Fsp3) is 0.353. The van der Waals surface area contributed by atoms with Crippen LogP contribution in [0.5, 0.6) is 0 Å². The Morgan fingerprint density at radius 2 is 1.90 bits per heavy atom. The summed E-state index contributed by atoms with van der Waals surface area (Å²) in [6.07, 6.45) is 1.57. The molecule has 0 spiro atoms. The number of rotatable bonds is 4. The minimum atomic E-state index is 0.542. The van der Waals surface area contributed by atoms with E-state index in [9.17, 15) is 5.26 Å². The zero-order chi connectivity index (χ0) is 15.4. The lowest BCUT2D eigenvalue weighted by Gasteiger charge is -2.14. The smallest absolute Gasteiger partial charge is 0.171 e. The van der Waals surface area contributed by atoms with E-state index in [0.29, 0.717) is 11.4 Å². The summed E-state index contributed by atoms with van der Waals surface area (Å²) in [6, 6.07) is 8.33. The summed E-state index contributed by atoms with van der Waals surface area (Å²) < 4.78 is 0. The lowest BCUT2D eigenvalue weighted by atomic mass is 10.0. The molecule has 1 heterocycles. The SMILES string of the molecule is CCc1nnc(Nc2cccc(C)c2C)c(C#N)c1CC. The van der Waals surface area contributed by atoms with Crippen LogP contribution >= 0.6 is 0 Å². The van der Waals surface area contributed by atoms with Gasteiger partial charge in [-0.2, -0.15) is 10.4 Å². The molecule has 2 aromatic rings. The molecule has 0 aliphatic rings. The van der Waals surface area contributed by atoms with Gasteiger partial charge in [0.2, 0.25) is 0 Å². The first-order chi connectivity index (χ1) is 10.1. The molecule has 0 bridgehead atoms. The van der Waals surface area contributed by atoms with Gasteiger partial charge in [-0.15, -0.1) is 5.10 Å². The average Bonchev–Trinajstić information content (AvgIpc) is 2.51. The van der Waals surface area contributed by atoms with Crippen LogP contribution in [0.1, 0.15) is 41.8 Å². The zero-order valence-electron chi connectivity index (χ0n) is 13.0. The second kappa shape index (κ2) is 6.36. The Labute approximate surface area is 125 Å². The number of nitriles is 1. The van der Waals surface area contributed by atoms with Crippen molar-refractivity contribution < 1.29 is 0 Å². The van der Waals surface area contributed by atoms with Gasteiger partial charge in [-0.1, -0.05) is 26.0 Å². The summed E-state index contributed by atoms with van der Waals surface area (Å²) in [5.41, 5.74) is 5.81. The summed E-state index contributed by atoms with van der Waals surface area (Å²) in [5, 5.41) is 21.2. The molecule has 108 valence electrons. The van der Waals surface area contributed by atoms with Crippen molar-refractivity contribution in [2.24, 2.45) is 0 Å². The maximum absolute atomic E-state index is 9.49. The third-order valence-electron chi connectivity index (χ3n) is 3.82. The van der Waals surface area contributed by atoms with Gasteiger partial charge in [-0.05, 0) is 49.4 Å². The lowest BCUT2D eigenvalue weighted by Crippen LogP contribution is -2.08. The highest BCUT2D eigenvalue weighted by atomic mass is 15.2. The minimum absolute atomic E-state index is 0.542. The van der Waals surface area contributed by atoms with Gasteiger partial charge in [0.25, 0.3) is 0 Å². The summed E-state index contributed by atoms with van der Waals surface area (Å²) in [6.45, 7) is 8.19. The van der Waals surface area contributed by atoms with Gasteiger partial charge >= 0.3 is 0 Å². The highest BCUT2D eigenvalue weighted by Gasteiger charge is 2.15. The predicted octanol–water partition coefficient (Wildman–Crippen LogP) is 3.83. The van der Waals surface area contributed by atoms with E-state index in [2.05, 4.69) is 41.5 Å².